The van der Waals surface area contributed by atoms with Gasteiger partial charge in [-0.2, -0.15) is 5.10 Å². The van der Waals surface area contributed by atoms with E-state index in [1.165, 1.54) is 50.3 Å². The molecule has 3 aromatic rings. The van der Waals surface area contributed by atoms with Crippen LogP contribution in [0.5, 0.6) is 0 Å². The highest BCUT2D eigenvalue weighted by Crippen LogP contribution is 2.42. The van der Waals surface area contributed by atoms with Crippen molar-refractivity contribution in [3.05, 3.63) is 93.5 Å². The van der Waals surface area contributed by atoms with Crippen molar-refractivity contribution in [2.75, 3.05) is 16.6 Å². The molecule has 3 heteroatoms. The second-order valence-electron chi connectivity index (χ2n) is 15.9. The third-order valence-corrected chi connectivity index (χ3v) is 8.88. The van der Waals surface area contributed by atoms with Gasteiger partial charge in [-0.25, -0.2) is 5.01 Å². The largest absolute Gasteiger partial charge is 0.304 e. The number of anilines is 2. The second kappa shape index (κ2) is 12.1. The lowest BCUT2D eigenvalue weighted by Gasteiger charge is -2.31. The Bertz CT molecular complexity index is 1390. The molecule has 3 aromatic carbocycles. The summed E-state index contributed by atoms with van der Waals surface area (Å²) in [4.78, 5) is 2.53. The van der Waals surface area contributed by atoms with Crippen molar-refractivity contribution in [2.24, 2.45) is 5.10 Å². The van der Waals surface area contributed by atoms with Crippen molar-refractivity contribution in [1.82, 2.24) is 0 Å². The molecule has 0 fully saturated rings. The van der Waals surface area contributed by atoms with Crippen LogP contribution in [0.3, 0.4) is 0 Å². The minimum Gasteiger partial charge on any atom is -0.304 e. The Labute approximate surface area is 263 Å². The first-order valence-electron chi connectivity index (χ1n) is 16.5. The summed E-state index contributed by atoms with van der Waals surface area (Å²) >= 11 is 0. The molecule has 43 heavy (non-hydrogen) atoms. The summed E-state index contributed by atoms with van der Waals surface area (Å²) in [7, 11) is 0. The van der Waals surface area contributed by atoms with Gasteiger partial charge in [0.2, 0.25) is 0 Å². The number of amidine groups is 1. The molecule has 1 aliphatic heterocycles. The van der Waals surface area contributed by atoms with Gasteiger partial charge in [0.05, 0.1) is 11.4 Å². The van der Waals surface area contributed by atoms with E-state index < -0.39 is 0 Å². The van der Waals surface area contributed by atoms with E-state index in [4.69, 9.17) is 5.10 Å². The number of nitrogens with zero attached hydrogens (tertiary/aromatic N) is 3. The maximum atomic E-state index is 5.60. The van der Waals surface area contributed by atoms with Gasteiger partial charge < -0.3 is 4.90 Å². The SMILES string of the molecule is CC(C)c1cccc(C(C)C)c1N1CN(c2c(C(C)C)cccc2C(C)C)C(c2cc(C(C)(C)C)cc(C(C)(C)C)c2)=N1. The van der Waals surface area contributed by atoms with Gasteiger partial charge in [0, 0.05) is 5.56 Å². The molecule has 0 amide bonds. The summed E-state index contributed by atoms with van der Waals surface area (Å²) in [6, 6.07) is 20.9. The van der Waals surface area contributed by atoms with Crippen LogP contribution in [0.15, 0.2) is 59.7 Å². The number of benzene rings is 3. The standard InChI is InChI=1S/C40H57N3/c1-25(2)32-17-15-18-33(26(3)4)36(32)42-24-43(37-34(27(5)6)19-16-20-35(37)28(7)8)41-38(42)29-21-30(39(9,10)11)23-31(22-29)40(12,13)14/h15-23,25-28H,24H2,1-14H3. The van der Waals surface area contributed by atoms with Crippen LogP contribution in [0.25, 0.3) is 0 Å². The van der Waals surface area contributed by atoms with Crippen molar-refractivity contribution in [3.63, 3.8) is 0 Å². The lowest BCUT2D eigenvalue weighted by Crippen LogP contribution is -2.34. The quantitative estimate of drug-likeness (QED) is 0.277. The lowest BCUT2D eigenvalue weighted by molar-refractivity contribution is 0.568. The normalized spacial score (nSPS) is 14.6. The number of hydrogen-bond donors (Lipinski definition) is 0. The first kappa shape index (κ1) is 32.8. The van der Waals surface area contributed by atoms with Crippen molar-refractivity contribution < 1.29 is 0 Å². The Morgan fingerprint density at radius 1 is 0.558 bits per heavy atom. The van der Waals surface area contributed by atoms with Gasteiger partial charge in [0.25, 0.3) is 0 Å². The molecule has 232 valence electrons. The molecule has 0 atom stereocenters. The summed E-state index contributed by atoms with van der Waals surface area (Å²) in [5.74, 6) is 2.62. The van der Waals surface area contributed by atoms with E-state index in [-0.39, 0.29) is 10.8 Å². The molecular weight excluding hydrogens is 522 g/mol. The Hall–Kier alpha value is -3.07. The molecule has 0 N–H and O–H groups in total. The highest BCUT2D eigenvalue weighted by Gasteiger charge is 2.34. The predicted octanol–water partition coefficient (Wildman–Crippen LogP) is 11.4. The molecule has 0 saturated heterocycles. The maximum absolute atomic E-state index is 5.60. The van der Waals surface area contributed by atoms with Gasteiger partial charge >= 0.3 is 0 Å². The van der Waals surface area contributed by atoms with E-state index in [2.05, 4.69) is 161 Å². The van der Waals surface area contributed by atoms with Crippen LogP contribution in [0, 0.1) is 0 Å². The molecule has 0 spiro atoms. The number of hydrazone groups is 1. The van der Waals surface area contributed by atoms with Gasteiger partial charge in [0.15, 0.2) is 5.84 Å². The molecule has 0 radical (unpaired) electrons. The van der Waals surface area contributed by atoms with Crippen molar-refractivity contribution in [1.29, 1.82) is 0 Å². The molecule has 0 bridgehead atoms. The molecule has 0 unspecified atom stereocenters. The van der Waals surface area contributed by atoms with Crippen LogP contribution in [-0.4, -0.2) is 12.5 Å². The fraction of sp³-hybridized carbons (Fsp3) is 0.525. The Balaban J connectivity index is 2.09. The number of hydrogen-bond acceptors (Lipinski definition) is 3. The minimum absolute atomic E-state index is 0.0215. The first-order chi connectivity index (χ1) is 19.9. The Morgan fingerprint density at radius 3 is 1.28 bits per heavy atom. The summed E-state index contributed by atoms with van der Waals surface area (Å²) in [6.07, 6.45) is 0. The van der Waals surface area contributed by atoms with Crippen LogP contribution in [-0.2, 0) is 10.8 Å². The zero-order valence-corrected chi connectivity index (χ0v) is 29.6. The first-order valence-corrected chi connectivity index (χ1v) is 16.5. The smallest absolute Gasteiger partial charge is 0.162 e. The van der Waals surface area contributed by atoms with Crippen LogP contribution in [0.4, 0.5) is 11.4 Å². The van der Waals surface area contributed by atoms with Gasteiger partial charge in [-0.15, -0.1) is 0 Å². The average Bonchev–Trinajstić information content (AvgIpc) is 3.35. The predicted molar refractivity (Wildman–Crippen MR) is 189 cm³/mol. The molecule has 4 rings (SSSR count). The molecule has 1 aliphatic rings. The maximum Gasteiger partial charge on any atom is 0.162 e. The van der Waals surface area contributed by atoms with Crippen LogP contribution < -0.4 is 9.91 Å². The van der Waals surface area contributed by atoms with Crippen molar-refractivity contribution in [2.45, 2.75) is 131 Å². The lowest BCUT2D eigenvalue weighted by atomic mass is 9.79. The fourth-order valence-corrected chi connectivity index (χ4v) is 6.17. The van der Waals surface area contributed by atoms with E-state index >= 15 is 0 Å². The second-order valence-corrected chi connectivity index (χ2v) is 15.9. The Kier molecular flexibility index (Phi) is 9.27. The molecule has 0 aliphatic carbocycles. The van der Waals surface area contributed by atoms with Crippen molar-refractivity contribution >= 4 is 17.2 Å². The van der Waals surface area contributed by atoms with E-state index in [1.807, 2.05) is 0 Å². The van der Waals surface area contributed by atoms with Crippen LogP contribution >= 0.6 is 0 Å². The summed E-state index contributed by atoms with van der Waals surface area (Å²) in [5.41, 5.74) is 12.0. The highest BCUT2D eigenvalue weighted by molar-refractivity contribution is 6.13. The zero-order valence-electron chi connectivity index (χ0n) is 29.6. The van der Waals surface area contributed by atoms with Gasteiger partial charge in [-0.1, -0.05) is 139 Å². The number of rotatable bonds is 7. The van der Waals surface area contributed by atoms with Crippen LogP contribution in [0.2, 0.25) is 0 Å². The average molecular weight is 580 g/mol. The van der Waals surface area contributed by atoms with Gasteiger partial charge in [0.1, 0.15) is 6.67 Å². The summed E-state index contributed by atoms with van der Waals surface area (Å²) in [5, 5.41) is 7.90. The fourth-order valence-electron chi connectivity index (χ4n) is 6.17. The molecule has 1 heterocycles. The minimum atomic E-state index is 0.0215. The third kappa shape index (κ3) is 6.71. The number of para-hydroxylation sites is 2. The summed E-state index contributed by atoms with van der Waals surface area (Å²) in [6.45, 7) is 33.1. The Morgan fingerprint density at radius 2 is 0.930 bits per heavy atom. The highest BCUT2D eigenvalue weighted by atomic mass is 15.6. The molecule has 3 nitrogen and oxygen atoms in total. The van der Waals surface area contributed by atoms with E-state index in [9.17, 15) is 0 Å². The molecule has 0 aromatic heterocycles. The van der Waals surface area contributed by atoms with Crippen LogP contribution in [0.1, 0.15) is 160 Å². The van der Waals surface area contributed by atoms with Gasteiger partial charge in [-0.3, -0.25) is 0 Å². The van der Waals surface area contributed by atoms with Crippen molar-refractivity contribution in [3.8, 4) is 0 Å². The topological polar surface area (TPSA) is 18.8 Å². The molecule has 0 saturated carbocycles. The van der Waals surface area contributed by atoms with E-state index in [0.717, 1.165) is 5.84 Å². The summed E-state index contributed by atoms with van der Waals surface area (Å²) < 4.78 is 0. The van der Waals surface area contributed by atoms with Gasteiger partial charge in [-0.05, 0) is 80.0 Å². The van der Waals surface area contributed by atoms with E-state index in [1.54, 1.807) is 0 Å². The third-order valence-electron chi connectivity index (χ3n) is 8.88. The zero-order chi connectivity index (χ0) is 32.0. The molecular formula is C40H57N3. The van der Waals surface area contributed by atoms with E-state index in [0.29, 0.717) is 30.3 Å². The monoisotopic (exact) mass is 579 g/mol.